The van der Waals surface area contributed by atoms with Crippen molar-refractivity contribution in [3.63, 3.8) is 0 Å². The van der Waals surface area contributed by atoms with Gasteiger partial charge in [-0.15, -0.1) is 11.3 Å². The van der Waals surface area contributed by atoms with Gasteiger partial charge in [-0.25, -0.2) is 4.98 Å². The molecule has 0 unspecified atom stereocenters. The molecule has 1 heterocycles. The Balaban J connectivity index is 2.10. The second-order valence-corrected chi connectivity index (χ2v) is 5.88. The zero-order chi connectivity index (χ0) is 17.5. The number of carbonyl (C=O) groups is 2. The fraction of sp³-hybridized carbons (Fsp3) is 0.353. The van der Waals surface area contributed by atoms with Crippen molar-refractivity contribution >= 4 is 23.2 Å². The number of carboxylic acids is 1. The van der Waals surface area contributed by atoms with E-state index in [1.165, 1.54) is 16.2 Å². The predicted octanol–water partition coefficient (Wildman–Crippen LogP) is 3.15. The molecular weight excluding hydrogens is 328 g/mol. The van der Waals surface area contributed by atoms with Crippen LogP contribution in [0.4, 0.5) is 0 Å². The van der Waals surface area contributed by atoms with Gasteiger partial charge in [-0.3, -0.25) is 9.59 Å². The first-order chi connectivity index (χ1) is 11.5. The Bertz CT molecular complexity index is 697. The molecule has 0 aliphatic carbocycles. The highest BCUT2D eigenvalue weighted by Crippen LogP contribution is 2.26. The molecule has 0 bridgehead atoms. The van der Waals surface area contributed by atoms with Crippen LogP contribution in [-0.2, 0) is 4.79 Å². The zero-order valence-electron chi connectivity index (χ0n) is 13.7. The Labute approximate surface area is 144 Å². The Morgan fingerprint density at radius 3 is 2.54 bits per heavy atom. The third-order valence-corrected chi connectivity index (χ3v) is 4.29. The molecule has 128 valence electrons. The highest BCUT2D eigenvalue weighted by molar-refractivity contribution is 7.13. The first-order valence-electron chi connectivity index (χ1n) is 7.75. The van der Waals surface area contributed by atoms with Crippen LogP contribution in [0.25, 0.3) is 10.6 Å². The van der Waals surface area contributed by atoms with E-state index in [2.05, 4.69) is 4.98 Å². The van der Waals surface area contributed by atoms with Crippen molar-refractivity contribution in [3.05, 3.63) is 35.3 Å². The van der Waals surface area contributed by atoms with Crippen LogP contribution < -0.4 is 4.74 Å². The summed E-state index contributed by atoms with van der Waals surface area (Å²) in [6.45, 7) is 4.98. The van der Waals surface area contributed by atoms with Crippen molar-refractivity contribution in [2.75, 3.05) is 19.7 Å². The van der Waals surface area contributed by atoms with Gasteiger partial charge < -0.3 is 14.7 Å². The molecule has 2 rings (SSSR count). The molecular formula is C17H20N2O4S. The summed E-state index contributed by atoms with van der Waals surface area (Å²) in [5.74, 6) is -0.373. The van der Waals surface area contributed by atoms with Gasteiger partial charge in [0.05, 0.1) is 13.0 Å². The van der Waals surface area contributed by atoms with Crippen LogP contribution in [0.1, 0.15) is 30.8 Å². The smallest absolute Gasteiger partial charge is 0.305 e. The van der Waals surface area contributed by atoms with E-state index in [1.54, 1.807) is 5.38 Å². The van der Waals surface area contributed by atoms with Crippen LogP contribution in [0.15, 0.2) is 29.6 Å². The largest absolute Gasteiger partial charge is 0.494 e. The summed E-state index contributed by atoms with van der Waals surface area (Å²) in [7, 11) is 0. The quantitative estimate of drug-likeness (QED) is 0.793. The predicted molar refractivity (Wildman–Crippen MR) is 92.5 cm³/mol. The van der Waals surface area contributed by atoms with Crippen molar-refractivity contribution in [3.8, 4) is 16.3 Å². The van der Waals surface area contributed by atoms with Gasteiger partial charge >= 0.3 is 5.97 Å². The lowest BCUT2D eigenvalue weighted by Gasteiger charge is -2.18. The van der Waals surface area contributed by atoms with Gasteiger partial charge in [0.15, 0.2) is 0 Å². The highest BCUT2D eigenvalue weighted by Gasteiger charge is 2.18. The SMILES string of the molecule is CCOc1ccc(-c2nc(C(=O)N(CC)CCC(=O)O)cs2)cc1. The van der Waals surface area contributed by atoms with Gasteiger partial charge in [0.1, 0.15) is 16.5 Å². The molecule has 0 aliphatic heterocycles. The molecule has 0 spiro atoms. The third kappa shape index (κ3) is 4.55. The average molecular weight is 348 g/mol. The monoisotopic (exact) mass is 348 g/mol. The number of amides is 1. The molecule has 0 saturated heterocycles. The number of rotatable bonds is 8. The molecule has 1 aromatic heterocycles. The number of nitrogens with zero attached hydrogens (tertiary/aromatic N) is 2. The lowest BCUT2D eigenvalue weighted by Crippen LogP contribution is -2.33. The van der Waals surface area contributed by atoms with Crippen molar-refractivity contribution < 1.29 is 19.4 Å². The number of aliphatic carboxylic acids is 1. The molecule has 0 radical (unpaired) electrons. The summed E-state index contributed by atoms with van der Waals surface area (Å²) in [6, 6.07) is 7.54. The summed E-state index contributed by atoms with van der Waals surface area (Å²) >= 11 is 1.39. The van der Waals surface area contributed by atoms with Gasteiger partial charge in [0.25, 0.3) is 5.91 Å². The van der Waals surface area contributed by atoms with E-state index >= 15 is 0 Å². The molecule has 7 heteroatoms. The van der Waals surface area contributed by atoms with Crippen LogP contribution in [0.5, 0.6) is 5.75 Å². The minimum Gasteiger partial charge on any atom is -0.494 e. The summed E-state index contributed by atoms with van der Waals surface area (Å²) in [6.07, 6.45) is -0.0739. The minimum atomic E-state index is -0.922. The number of carbonyl (C=O) groups excluding carboxylic acids is 1. The highest BCUT2D eigenvalue weighted by atomic mass is 32.1. The second kappa shape index (κ2) is 8.44. The number of carboxylic acid groups (broad SMARTS) is 1. The summed E-state index contributed by atoms with van der Waals surface area (Å²) in [5.41, 5.74) is 1.26. The minimum absolute atomic E-state index is 0.0739. The van der Waals surface area contributed by atoms with E-state index in [0.717, 1.165) is 16.3 Å². The molecule has 0 atom stereocenters. The molecule has 24 heavy (non-hydrogen) atoms. The van der Waals surface area contributed by atoms with E-state index in [0.29, 0.717) is 18.8 Å². The van der Waals surface area contributed by atoms with Crippen LogP contribution in [0.3, 0.4) is 0 Å². The molecule has 0 fully saturated rings. The van der Waals surface area contributed by atoms with Crippen LogP contribution in [0, 0.1) is 0 Å². The lowest BCUT2D eigenvalue weighted by atomic mass is 10.2. The van der Waals surface area contributed by atoms with Gasteiger partial charge in [-0.2, -0.15) is 0 Å². The Kier molecular flexibility index (Phi) is 6.31. The third-order valence-electron chi connectivity index (χ3n) is 3.40. The summed E-state index contributed by atoms with van der Waals surface area (Å²) in [4.78, 5) is 29.0. The lowest BCUT2D eigenvalue weighted by molar-refractivity contribution is -0.137. The maximum absolute atomic E-state index is 12.4. The Hall–Kier alpha value is -2.41. The van der Waals surface area contributed by atoms with Crippen LogP contribution in [0.2, 0.25) is 0 Å². The van der Waals surface area contributed by atoms with Crippen LogP contribution >= 0.6 is 11.3 Å². The number of benzene rings is 1. The molecule has 1 amide bonds. The van der Waals surface area contributed by atoms with Crippen molar-refractivity contribution in [1.29, 1.82) is 0 Å². The van der Waals surface area contributed by atoms with E-state index in [9.17, 15) is 9.59 Å². The number of ether oxygens (including phenoxy) is 1. The Morgan fingerprint density at radius 2 is 1.96 bits per heavy atom. The van der Waals surface area contributed by atoms with E-state index in [-0.39, 0.29) is 18.9 Å². The molecule has 1 N–H and O–H groups in total. The van der Waals surface area contributed by atoms with Gasteiger partial charge in [-0.05, 0) is 38.1 Å². The number of hydrogen-bond donors (Lipinski definition) is 1. The van der Waals surface area contributed by atoms with Crippen molar-refractivity contribution in [2.24, 2.45) is 0 Å². The van der Waals surface area contributed by atoms with E-state index < -0.39 is 5.97 Å². The summed E-state index contributed by atoms with van der Waals surface area (Å²) in [5, 5.41) is 11.2. The van der Waals surface area contributed by atoms with Gasteiger partial charge in [0.2, 0.25) is 0 Å². The topological polar surface area (TPSA) is 79.7 Å². The average Bonchev–Trinajstić information content (AvgIpc) is 3.06. The zero-order valence-corrected chi connectivity index (χ0v) is 14.5. The number of aromatic nitrogens is 1. The Morgan fingerprint density at radius 1 is 1.25 bits per heavy atom. The van der Waals surface area contributed by atoms with Gasteiger partial charge in [-0.1, -0.05) is 0 Å². The number of hydrogen-bond acceptors (Lipinski definition) is 5. The normalized spacial score (nSPS) is 10.4. The van der Waals surface area contributed by atoms with Gasteiger partial charge in [0, 0.05) is 24.0 Å². The molecule has 2 aromatic rings. The second-order valence-electron chi connectivity index (χ2n) is 5.02. The fourth-order valence-corrected chi connectivity index (χ4v) is 2.96. The van der Waals surface area contributed by atoms with Crippen molar-refractivity contribution in [2.45, 2.75) is 20.3 Å². The standard InChI is InChI=1S/C17H20N2O4S/c1-3-19(10-9-15(20)21)17(22)14-11-24-16(18-14)12-5-7-13(8-6-12)23-4-2/h5-8,11H,3-4,9-10H2,1-2H3,(H,20,21). The molecule has 0 saturated carbocycles. The molecule has 1 aromatic carbocycles. The summed E-state index contributed by atoms with van der Waals surface area (Å²) < 4.78 is 5.41. The molecule has 6 nitrogen and oxygen atoms in total. The van der Waals surface area contributed by atoms with Crippen LogP contribution in [-0.4, -0.2) is 46.6 Å². The van der Waals surface area contributed by atoms with E-state index in [1.807, 2.05) is 38.1 Å². The first-order valence-corrected chi connectivity index (χ1v) is 8.63. The first kappa shape index (κ1) is 17.9. The number of thiazole rings is 1. The van der Waals surface area contributed by atoms with Crippen molar-refractivity contribution in [1.82, 2.24) is 9.88 Å². The van der Waals surface area contributed by atoms with E-state index in [4.69, 9.17) is 9.84 Å². The maximum Gasteiger partial charge on any atom is 0.305 e. The fourth-order valence-electron chi connectivity index (χ4n) is 2.16. The molecule has 0 aliphatic rings. The maximum atomic E-state index is 12.4.